The Labute approximate surface area is 112 Å². The van der Waals surface area contributed by atoms with Crippen LogP contribution in [0.3, 0.4) is 0 Å². The lowest BCUT2D eigenvalue weighted by Crippen LogP contribution is -2.25. The molecular weight excluding hydrogens is 272 g/mol. The van der Waals surface area contributed by atoms with Crippen LogP contribution in [0.2, 0.25) is 0 Å². The first-order chi connectivity index (χ1) is 9.53. The zero-order chi connectivity index (χ0) is 14.2. The van der Waals surface area contributed by atoms with Gasteiger partial charge in [0.25, 0.3) is 0 Å². The Bertz CT molecular complexity index is 600. The fraction of sp³-hybridized carbons (Fsp3) is 0.231. The van der Waals surface area contributed by atoms with E-state index in [1.54, 1.807) is 18.2 Å². The Morgan fingerprint density at radius 2 is 2.00 bits per heavy atom. The van der Waals surface area contributed by atoms with Crippen molar-refractivity contribution in [3.05, 3.63) is 42.4 Å². The highest BCUT2D eigenvalue weighted by atomic mass is 19.3. The van der Waals surface area contributed by atoms with Crippen LogP contribution in [0, 0.1) is 0 Å². The number of nitrogens with one attached hydrogen (secondary N) is 1. The van der Waals surface area contributed by atoms with E-state index in [1.165, 1.54) is 18.4 Å². The summed E-state index contributed by atoms with van der Waals surface area (Å²) in [4.78, 5) is 0. The topological polar surface area (TPSA) is 63.9 Å². The second-order valence-corrected chi connectivity index (χ2v) is 4.24. The molecule has 1 aliphatic heterocycles. The molecule has 0 spiro atoms. The molecule has 0 fully saturated rings. The first kappa shape index (κ1) is 12.7. The number of halogens is 2. The van der Waals surface area contributed by atoms with Crippen LogP contribution in [0.4, 0.5) is 14.5 Å². The quantitative estimate of drug-likeness (QED) is 0.903. The van der Waals surface area contributed by atoms with Crippen molar-refractivity contribution in [3.63, 3.8) is 0 Å². The number of hydrogen-bond acceptors (Lipinski definition) is 5. The molecule has 0 amide bonds. The van der Waals surface area contributed by atoms with Gasteiger partial charge in [0, 0.05) is 18.3 Å². The number of fused-ring (bicyclic) bond motifs is 1. The van der Waals surface area contributed by atoms with Gasteiger partial charge in [-0.25, -0.2) is 0 Å². The van der Waals surface area contributed by atoms with Crippen LogP contribution in [0.25, 0.3) is 0 Å². The van der Waals surface area contributed by atoms with E-state index in [2.05, 4.69) is 14.8 Å². The minimum absolute atomic E-state index is 0.0212. The molecule has 0 bridgehead atoms. The minimum Gasteiger partial charge on any atom is -0.467 e. The molecule has 5 nitrogen and oxygen atoms in total. The monoisotopic (exact) mass is 283 g/mol. The summed E-state index contributed by atoms with van der Waals surface area (Å²) in [6, 6.07) is 7.62. The summed E-state index contributed by atoms with van der Waals surface area (Å²) >= 11 is 0. The number of furan rings is 1. The van der Waals surface area contributed by atoms with Gasteiger partial charge >= 0.3 is 6.29 Å². The van der Waals surface area contributed by atoms with Crippen molar-refractivity contribution in [2.75, 3.05) is 11.9 Å². The second-order valence-electron chi connectivity index (χ2n) is 4.24. The molecule has 1 unspecified atom stereocenters. The molecule has 3 rings (SSSR count). The zero-order valence-corrected chi connectivity index (χ0v) is 10.2. The van der Waals surface area contributed by atoms with Gasteiger partial charge in [-0.15, -0.1) is 8.78 Å². The Morgan fingerprint density at radius 1 is 1.20 bits per heavy atom. The van der Waals surface area contributed by atoms with Gasteiger partial charge in [-0.05, 0) is 24.3 Å². The largest absolute Gasteiger partial charge is 0.586 e. The molecule has 2 N–H and O–H groups in total. The number of aliphatic hydroxyl groups is 1. The first-order valence-corrected chi connectivity index (χ1v) is 5.89. The van der Waals surface area contributed by atoms with Gasteiger partial charge < -0.3 is 24.3 Å². The molecule has 106 valence electrons. The first-order valence-electron chi connectivity index (χ1n) is 5.89. The molecule has 0 saturated carbocycles. The molecule has 1 atom stereocenters. The highest BCUT2D eigenvalue weighted by Crippen LogP contribution is 2.42. The summed E-state index contributed by atoms with van der Waals surface area (Å²) in [5, 5.41) is 12.7. The Hall–Kier alpha value is -2.28. The molecular formula is C13H11F2NO4. The van der Waals surface area contributed by atoms with Crippen molar-refractivity contribution in [2.45, 2.75) is 12.4 Å². The maximum atomic E-state index is 12.9. The number of alkyl halides is 2. The van der Waals surface area contributed by atoms with Crippen LogP contribution in [0.5, 0.6) is 11.5 Å². The third kappa shape index (κ3) is 2.53. The summed E-state index contributed by atoms with van der Waals surface area (Å²) in [5.74, 6) is 0.351. The zero-order valence-electron chi connectivity index (χ0n) is 10.2. The number of anilines is 1. The molecule has 1 aromatic heterocycles. The van der Waals surface area contributed by atoms with Crippen LogP contribution in [0.15, 0.2) is 41.0 Å². The van der Waals surface area contributed by atoms with Gasteiger partial charge in [-0.3, -0.25) is 0 Å². The molecule has 7 heteroatoms. The van der Waals surface area contributed by atoms with E-state index in [9.17, 15) is 13.9 Å². The predicted octanol–water partition coefficient (Wildman–Crippen LogP) is 2.75. The minimum atomic E-state index is -3.63. The lowest BCUT2D eigenvalue weighted by atomic mass is 10.2. The van der Waals surface area contributed by atoms with Crippen molar-refractivity contribution in [1.82, 2.24) is 0 Å². The average Bonchev–Trinajstić information content (AvgIpc) is 3.00. The van der Waals surface area contributed by atoms with Crippen molar-refractivity contribution < 1.29 is 27.8 Å². The summed E-state index contributed by atoms with van der Waals surface area (Å²) < 4.78 is 39.4. The number of rotatable bonds is 4. The van der Waals surface area contributed by atoms with E-state index in [0.29, 0.717) is 11.4 Å². The standard InChI is InChI=1S/C13H11F2NO4/c14-13(15)19-11-4-3-8(6-12(11)20-13)16-7-9(17)10-2-1-5-18-10/h1-6,9,16-17H,7H2. The predicted molar refractivity (Wildman–Crippen MR) is 64.8 cm³/mol. The van der Waals surface area contributed by atoms with Crippen molar-refractivity contribution in [2.24, 2.45) is 0 Å². The van der Waals surface area contributed by atoms with Gasteiger partial charge in [0.2, 0.25) is 0 Å². The third-order valence-electron chi connectivity index (χ3n) is 2.77. The number of aliphatic hydroxyl groups excluding tert-OH is 1. The molecule has 1 aromatic carbocycles. The van der Waals surface area contributed by atoms with E-state index < -0.39 is 12.4 Å². The van der Waals surface area contributed by atoms with Gasteiger partial charge in [0.15, 0.2) is 11.5 Å². The van der Waals surface area contributed by atoms with E-state index >= 15 is 0 Å². The SMILES string of the molecule is OC(CNc1ccc2c(c1)OC(F)(F)O2)c1ccco1. The van der Waals surface area contributed by atoms with Crippen LogP contribution in [-0.2, 0) is 0 Å². The fourth-order valence-corrected chi connectivity index (χ4v) is 1.85. The Morgan fingerprint density at radius 3 is 2.75 bits per heavy atom. The molecule has 2 heterocycles. The van der Waals surface area contributed by atoms with E-state index in [4.69, 9.17) is 4.42 Å². The highest BCUT2D eigenvalue weighted by Gasteiger charge is 2.43. The molecule has 20 heavy (non-hydrogen) atoms. The van der Waals surface area contributed by atoms with Gasteiger partial charge in [-0.1, -0.05) is 0 Å². The van der Waals surface area contributed by atoms with Crippen LogP contribution >= 0.6 is 0 Å². The molecule has 1 aliphatic rings. The van der Waals surface area contributed by atoms with E-state index in [-0.39, 0.29) is 18.0 Å². The van der Waals surface area contributed by atoms with Crippen LogP contribution in [-0.4, -0.2) is 17.9 Å². The maximum Gasteiger partial charge on any atom is 0.586 e. The van der Waals surface area contributed by atoms with E-state index in [1.807, 2.05) is 0 Å². The number of benzene rings is 1. The molecule has 0 radical (unpaired) electrons. The normalized spacial score (nSPS) is 16.9. The molecule has 0 saturated heterocycles. The average molecular weight is 283 g/mol. The summed E-state index contributed by atoms with van der Waals surface area (Å²) in [7, 11) is 0. The third-order valence-corrected chi connectivity index (χ3v) is 2.77. The lowest BCUT2D eigenvalue weighted by Gasteiger charge is -2.10. The van der Waals surface area contributed by atoms with Crippen LogP contribution < -0.4 is 14.8 Å². The molecule has 2 aromatic rings. The number of hydrogen-bond donors (Lipinski definition) is 2. The second kappa shape index (κ2) is 4.68. The van der Waals surface area contributed by atoms with Gasteiger partial charge in [-0.2, -0.15) is 0 Å². The lowest BCUT2D eigenvalue weighted by molar-refractivity contribution is -0.286. The van der Waals surface area contributed by atoms with Crippen molar-refractivity contribution >= 4 is 5.69 Å². The summed E-state index contributed by atoms with van der Waals surface area (Å²) in [6.45, 7) is 0.170. The molecule has 0 aliphatic carbocycles. The fourth-order valence-electron chi connectivity index (χ4n) is 1.85. The number of ether oxygens (including phenoxy) is 2. The van der Waals surface area contributed by atoms with Gasteiger partial charge in [0.05, 0.1) is 6.26 Å². The Kier molecular flexibility index (Phi) is 2.98. The Balaban J connectivity index is 1.65. The maximum absolute atomic E-state index is 12.9. The smallest absolute Gasteiger partial charge is 0.467 e. The van der Waals surface area contributed by atoms with Crippen molar-refractivity contribution in [3.8, 4) is 11.5 Å². The summed E-state index contributed by atoms with van der Waals surface area (Å²) in [5.41, 5.74) is 0.524. The summed E-state index contributed by atoms with van der Waals surface area (Å²) in [6.07, 6.45) is -3.01. The van der Waals surface area contributed by atoms with E-state index in [0.717, 1.165) is 0 Å². The highest BCUT2D eigenvalue weighted by molar-refractivity contribution is 5.56. The van der Waals surface area contributed by atoms with Crippen LogP contribution in [0.1, 0.15) is 11.9 Å². The van der Waals surface area contributed by atoms with Gasteiger partial charge in [0.1, 0.15) is 11.9 Å². The van der Waals surface area contributed by atoms with Crippen molar-refractivity contribution in [1.29, 1.82) is 0 Å².